The van der Waals surface area contributed by atoms with Crippen LogP contribution in [0.2, 0.25) is 0 Å². The van der Waals surface area contributed by atoms with Gasteiger partial charge in [-0.25, -0.2) is 4.98 Å². The van der Waals surface area contributed by atoms with Gasteiger partial charge in [-0.05, 0) is 30.9 Å². The van der Waals surface area contributed by atoms with Gasteiger partial charge in [0, 0.05) is 13.1 Å². The smallest absolute Gasteiger partial charge is 0.306 e. The number of benzene rings is 1. The first-order valence-electron chi connectivity index (χ1n) is 7.05. The monoisotopic (exact) mass is 290 g/mol. The van der Waals surface area contributed by atoms with Crippen molar-refractivity contribution in [1.29, 1.82) is 0 Å². The van der Waals surface area contributed by atoms with Gasteiger partial charge in [-0.15, -0.1) is 0 Å². The molecule has 1 aliphatic heterocycles. The summed E-state index contributed by atoms with van der Waals surface area (Å²) in [7, 11) is 0. The number of hydrogen-bond acceptors (Lipinski definition) is 4. The molecule has 2 heterocycles. The molecule has 1 aromatic carbocycles. The number of fused-ring (bicyclic) bond motifs is 1. The molecule has 20 heavy (non-hydrogen) atoms. The molecule has 106 valence electrons. The van der Waals surface area contributed by atoms with Gasteiger partial charge < -0.3 is 10.0 Å². The first kappa shape index (κ1) is 13.4. The lowest BCUT2D eigenvalue weighted by atomic mass is 9.98. The Morgan fingerprint density at radius 2 is 2.20 bits per heavy atom. The van der Waals surface area contributed by atoms with Crippen LogP contribution in [-0.4, -0.2) is 29.1 Å². The fourth-order valence-electron chi connectivity index (χ4n) is 2.73. The van der Waals surface area contributed by atoms with Gasteiger partial charge in [-0.1, -0.05) is 30.4 Å². The van der Waals surface area contributed by atoms with Crippen molar-refractivity contribution < 1.29 is 9.90 Å². The predicted octanol–water partition coefficient (Wildman–Crippen LogP) is 3.16. The van der Waals surface area contributed by atoms with E-state index in [1.54, 1.807) is 11.3 Å². The highest BCUT2D eigenvalue weighted by Gasteiger charge is 2.26. The number of anilines is 1. The van der Waals surface area contributed by atoms with Gasteiger partial charge in [0.25, 0.3) is 0 Å². The SMILES string of the molecule is CCc1cccc2sc(N3CCC(C(=O)O)CC3)nc12. The number of para-hydroxylation sites is 1. The van der Waals surface area contributed by atoms with E-state index in [9.17, 15) is 4.79 Å². The molecule has 0 bridgehead atoms. The van der Waals surface area contributed by atoms with E-state index >= 15 is 0 Å². The van der Waals surface area contributed by atoms with E-state index < -0.39 is 5.97 Å². The van der Waals surface area contributed by atoms with Gasteiger partial charge in [0.05, 0.1) is 16.1 Å². The number of carboxylic acid groups (broad SMARTS) is 1. The standard InChI is InChI=1S/C15H18N2O2S/c1-2-10-4-3-5-12-13(10)16-15(20-12)17-8-6-11(7-9-17)14(18)19/h3-5,11H,2,6-9H2,1H3,(H,18,19). The van der Waals surface area contributed by atoms with Gasteiger partial charge in [-0.2, -0.15) is 0 Å². The normalized spacial score (nSPS) is 16.8. The number of hydrogen-bond donors (Lipinski definition) is 1. The van der Waals surface area contributed by atoms with Gasteiger partial charge >= 0.3 is 5.97 Å². The Balaban J connectivity index is 1.83. The summed E-state index contributed by atoms with van der Waals surface area (Å²) in [5, 5.41) is 10.1. The number of aromatic nitrogens is 1. The van der Waals surface area contributed by atoms with Crippen LogP contribution < -0.4 is 4.90 Å². The Labute approximate surface area is 122 Å². The number of rotatable bonds is 3. The van der Waals surface area contributed by atoms with Crippen LogP contribution in [0, 0.1) is 5.92 Å². The van der Waals surface area contributed by atoms with Crippen LogP contribution in [0.1, 0.15) is 25.3 Å². The molecular formula is C15H18N2O2S. The van der Waals surface area contributed by atoms with Gasteiger partial charge in [0.1, 0.15) is 0 Å². The lowest BCUT2D eigenvalue weighted by Crippen LogP contribution is -2.36. The maximum absolute atomic E-state index is 11.0. The third kappa shape index (κ3) is 2.38. The lowest BCUT2D eigenvalue weighted by molar-refractivity contribution is -0.142. The summed E-state index contributed by atoms with van der Waals surface area (Å²) in [5.74, 6) is -0.853. The zero-order valence-electron chi connectivity index (χ0n) is 11.5. The van der Waals surface area contributed by atoms with Gasteiger partial charge in [0.2, 0.25) is 0 Å². The zero-order valence-corrected chi connectivity index (χ0v) is 12.3. The fourth-order valence-corrected chi connectivity index (χ4v) is 3.80. The summed E-state index contributed by atoms with van der Waals surface area (Å²) in [6.07, 6.45) is 2.42. The molecule has 0 radical (unpaired) electrons. The Bertz CT molecular complexity index is 630. The molecule has 0 spiro atoms. The van der Waals surface area contributed by atoms with E-state index in [-0.39, 0.29) is 5.92 Å². The highest BCUT2D eigenvalue weighted by molar-refractivity contribution is 7.22. The summed E-state index contributed by atoms with van der Waals surface area (Å²) in [6.45, 7) is 3.72. The summed E-state index contributed by atoms with van der Waals surface area (Å²) in [5.41, 5.74) is 2.39. The van der Waals surface area contributed by atoms with E-state index in [2.05, 4.69) is 30.0 Å². The van der Waals surface area contributed by atoms with E-state index in [1.807, 2.05) is 0 Å². The average Bonchev–Trinajstić information content (AvgIpc) is 2.91. The first-order chi connectivity index (χ1) is 9.69. The average molecular weight is 290 g/mol. The molecule has 3 rings (SSSR count). The first-order valence-corrected chi connectivity index (χ1v) is 7.87. The minimum atomic E-state index is -0.665. The number of nitrogens with zero attached hydrogens (tertiary/aromatic N) is 2. The second-order valence-electron chi connectivity index (χ2n) is 5.21. The quantitative estimate of drug-likeness (QED) is 0.943. The molecule has 1 fully saturated rings. The van der Waals surface area contributed by atoms with Crippen molar-refractivity contribution in [1.82, 2.24) is 4.98 Å². The molecule has 0 unspecified atom stereocenters. The molecule has 0 saturated carbocycles. The van der Waals surface area contributed by atoms with Gasteiger partial charge in [0.15, 0.2) is 5.13 Å². The Kier molecular flexibility index (Phi) is 3.61. The second-order valence-corrected chi connectivity index (χ2v) is 6.22. The topological polar surface area (TPSA) is 53.4 Å². The van der Waals surface area contributed by atoms with Gasteiger partial charge in [-0.3, -0.25) is 4.79 Å². The predicted molar refractivity (Wildman–Crippen MR) is 81.6 cm³/mol. The Hall–Kier alpha value is -1.62. The molecule has 5 heteroatoms. The number of aliphatic carboxylic acids is 1. The Morgan fingerprint density at radius 3 is 2.85 bits per heavy atom. The number of carboxylic acids is 1. The third-order valence-electron chi connectivity index (χ3n) is 3.99. The molecule has 1 aliphatic rings. The van der Waals surface area contributed by atoms with Crippen LogP contribution in [0.25, 0.3) is 10.2 Å². The maximum Gasteiger partial charge on any atom is 0.306 e. The van der Waals surface area contributed by atoms with Crippen molar-refractivity contribution >= 4 is 32.7 Å². The van der Waals surface area contributed by atoms with Crippen LogP contribution in [0.3, 0.4) is 0 Å². The van der Waals surface area contributed by atoms with Crippen molar-refractivity contribution in [2.75, 3.05) is 18.0 Å². The van der Waals surface area contributed by atoms with Crippen LogP contribution >= 0.6 is 11.3 Å². The third-order valence-corrected chi connectivity index (χ3v) is 5.07. The molecule has 1 aromatic heterocycles. The second kappa shape index (κ2) is 5.40. The van der Waals surface area contributed by atoms with E-state index in [1.165, 1.54) is 10.3 Å². The Morgan fingerprint density at radius 1 is 1.45 bits per heavy atom. The molecule has 0 atom stereocenters. The van der Waals surface area contributed by atoms with Crippen LogP contribution in [0.5, 0.6) is 0 Å². The molecule has 0 aliphatic carbocycles. The number of thiazole rings is 1. The lowest BCUT2D eigenvalue weighted by Gasteiger charge is -2.29. The molecule has 1 saturated heterocycles. The molecule has 1 N–H and O–H groups in total. The van der Waals surface area contributed by atoms with E-state index in [4.69, 9.17) is 10.1 Å². The maximum atomic E-state index is 11.0. The van der Waals surface area contributed by atoms with E-state index in [0.29, 0.717) is 12.8 Å². The zero-order chi connectivity index (χ0) is 14.1. The van der Waals surface area contributed by atoms with Crippen molar-refractivity contribution in [2.45, 2.75) is 26.2 Å². The van der Waals surface area contributed by atoms with Crippen molar-refractivity contribution in [3.8, 4) is 0 Å². The molecule has 4 nitrogen and oxygen atoms in total. The fraction of sp³-hybridized carbons (Fsp3) is 0.467. The summed E-state index contributed by atoms with van der Waals surface area (Å²) >= 11 is 1.71. The highest BCUT2D eigenvalue weighted by Crippen LogP contribution is 2.33. The van der Waals surface area contributed by atoms with Crippen LogP contribution in [-0.2, 0) is 11.2 Å². The minimum absolute atomic E-state index is 0.188. The van der Waals surface area contributed by atoms with Crippen molar-refractivity contribution in [3.05, 3.63) is 23.8 Å². The van der Waals surface area contributed by atoms with Crippen LogP contribution in [0.15, 0.2) is 18.2 Å². The highest BCUT2D eigenvalue weighted by atomic mass is 32.1. The molecular weight excluding hydrogens is 272 g/mol. The summed E-state index contributed by atoms with van der Waals surface area (Å²) < 4.78 is 1.22. The molecule has 0 amide bonds. The summed E-state index contributed by atoms with van der Waals surface area (Å²) in [4.78, 5) is 18.0. The minimum Gasteiger partial charge on any atom is -0.481 e. The summed E-state index contributed by atoms with van der Waals surface area (Å²) in [6, 6.07) is 6.32. The van der Waals surface area contributed by atoms with E-state index in [0.717, 1.165) is 30.2 Å². The molecule has 2 aromatic rings. The largest absolute Gasteiger partial charge is 0.481 e. The van der Waals surface area contributed by atoms with Crippen molar-refractivity contribution in [3.63, 3.8) is 0 Å². The number of aryl methyl sites for hydroxylation is 1. The van der Waals surface area contributed by atoms with Crippen LogP contribution in [0.4, 0.5) is 5.13 Å². The van der Waals surface area contributed by atoms with Crippen molar-refractivity contribution in [2.24, 2.45) is 5.92 Å². The number of carbonyl (C=O) groups is 1. The number of piperidine rings is 1.